The van der Waals surface area contributed by atoms with Crippen LogP contribution in [0, 0.1) is 16.3 Å². The van der Waals surface area contributed by atoms with E-state index in [1.54, 1.807) is 31.5 Å². The molecule has 27 heavy (non-hydrogen) atoms. The Labute approximate surface area is 172 Å². The first-order chi connectivity index (χ1) is 13.1. The topological polar surface area (TPSA) is 30.8 Å². The van der Waals surface area contributed by atoms with E-state index >= 15 is 0 Å². The average Bonchev–Trinajstić information content (AvgIpc) is 2.67. The van der Waals surface area contributed by atoms with Crippen LogP contribution in [-0.2, 0) is 6.61 Å². The molecule has 0 saturated carbocycles. The lowest BCUT2D eigenvalue weighted by molar-refractivity contribution is 0.277. The van der Waals surface area contributed by atoms with E-state index in [2.05, 4.69) is 27.6 Å². The molecule has 0 amide bonds. The van der Waals surface area contributed by atoms with Gasteiger partial charge in [0.25, 0.3) is 0 Å². The maximum Gasteiger partial charge on any atom is 0.174 e. The zero-order chi connectivity index (χ0) is 19.2. The fraction of sp³-hybridized carbons (Fsp3) is 0.136. The predicted molar refractivity (Wildman–Crippen MR) is 115 cm³/mol. The molecule has 0 unspecified atom stereocenters. The molecule has 0 aromatic heterocycles. The van der Waals surface area contributed by atoms with Crippen molar-refractivity contribution in [2.75, 3.05) is 7.11 Å². The summed E-state index contributed by atoms with van der Waals surface area (Å²) in [4.78, 5) is 4.49. The molecular weight excluding hydrogens is 456 g/mol. The minimum atomic E-state index is -0.284. The summed E-state index contributed by atoms with van der Waals surface area (Å²) >= 11 is 2.18. The zero-order valence-corrected chi connectivity index (χ0v) is 17.2. The third-order valence-corrected chi connectivity index (χ3v) is 4.78. The molecular formula is C22H19FINO2. The second-order valence-corrected chi connectivity index (χ2v) is 7.17. The van der Waals surface area contributed by atoms with Crippen molar-refractivity contribution in [2.24, 2.45) is 4.99 Å². The summed E-state index contributed by atoms with van der Waals surface area (Å²) in [7, 11) is 1.59. The third-order valence-electron chi connectivity index (χ3n) is 3.98. The molecule has 0 atom stereocenters. The molecule has 0 aliphatic heterocycles. The van der Waals surface area contributed by atoms with Crippen molar-refractivity contribution < 1.29 is 13.9 Å². The highest BCUT2D eigenvalue weighted by molar-refractivity contribution is 14.1. The standard InChI is InChI=1S/C22H19FINO2/c1-15-7-9-18(10-8-15)25-13-16-11-20(24)22(21(12-16)26-2)27-14-17-5-3-4-6-19(17)23/h3-13H,14H2,1-2H3. The minimum absolute atomic E-state index is 0.135. The van der Waals surface area contributed by atoms with Crippen LogP contribution in [0.25, 0.3) is 0 Å². The molecule has 3 aromatic carbocycles. The van der Waals surface area contributed by atoms with Crippen molar-refractivity contribution >= 4 is 34.5 Å². The number of methoxy groups -OCH3 is 1. The summed E-state index contributed by atoms with van der Waals surface area (Å²) in [5, 5.41) is 0. The summed E-state index contributed by atoms with van der Waals surface area (Å²) < 4.78 is 26.0. The maximum absolute atomic E-state index is 13.8. The van der Waals surface area contributed by atoms with E-state index < -0.39 is 0 Å². The van der Waals surface area contributed by atoms with Crippen molar-refractivity contribution in [3.05, 3.63) is 86.7 Å². The van der Waals surface area contributed by atoms with Crippen molar-refractivity contribution in [1.82, 2.24) is 0 Å². The summed E-state index contributed by atoms with van der Waals surface area (Å²) in [5.41, 5.74) is 3.48. The SMILES string of the molecule is COc1cc(C=Nc2ccc(C)cc2)cc(I)c1OCc1ccccc1F. The maximum atomic E-state index is 13.8. The fourth-order valence-corrected chi connectivity index (χ4v) is 3.28. The first-order valence-electron chi connectivity index (χ1n) is 8.41. The summed E-state index contributed by atoms with van der Waals surface area (Å²) in [6.45, 7) is 2.18. The van der Waals surface area contributed by atoms with Crippen LogP contribution >= 0.6 is 22.6 Å². The van der Waals surface area contributed by atoms with Crippen LogP contribution in [0.15, 0.2) is 65.7 Å². The zero-order valence-electron chi connectivity index (χ0n) is 15.1. The van der Waals surface area contributed by atoms with Crippen LogP contribution in [0.4, 0.5) is 10.1 Å². The molecule has 0 N–H and O–H groups in total. The van der Waals surface area contributed by atoms with Gasteiger partial charge in [-0.3, -0.25) is 4.99 Å². The summed E-state index contributed by atoms with van der Waals surface area (Å²) in [6.07, 6.45) is 1.79. The van der Waals surface area contributed by atoms with Crippen molar-refractivity contribution in [1.29, 1.82) is 0 Å². The van der Waals surface area contributed by atoms with Gasteiger partial charge in [0.05, 0.1) is 16.4 Å². The summed E-state index contributed by atoms with van der Waals surface area (Å²) in [6, 6.07) is 18.4. The Morgan fingerprint density at radius 1 is 1.07 bits per heavy atom. The second kappa shape index (κ2) is 8.99. The van der Waals surface area contributed by atoms with Gasteiger partial charge in [0.1, 0.15) is 12.4 Å². The molecule has 0 radical (unpaired) electrons. The van der Waals surface area contributed by atoms with Gasteiger partial charge in [0.2, 0.25) is 0 Å². The molecule has 3 nitrogen and oxygen atoms in total. The van der Waals surface area contributed by atoms with Gasteiger partial charge in [0, 0.05) is 11.8 Å². The van der Waals surface area contributed by atoms with Gasteiger partial charge in [0.15, 0.2) is 11.5 Å². The van der Waals surface area contributed by atoms with Crippen LogP contribution in [0.1, 0.15) is 16.7 Å². The summed E-state index contributed by atoms with van der Waals surface area (Å²) in [5.74, 6) is 0.894. The molecule has 0 heterocycles. The lowest BCUT2D eigenvalue weighted by Gasteiger charge is -2.14. The monoisotopic (exact) mass is 475 g/mol. The number of nitrogens with zero attached hydrogens (tertiary/aromatic N) is 1. The van der Waals surface area contributed by atoms with Gasteiger partial charge < -0.3 is 9.47 Å². The van der Waals surface area contributed by atoms with E-state index in [4.69, 9.17) is 9.47 Å². The van der Waals surface area contributed by atoms with Gasteiger partial charge in [-0.25, -0.2) is 4.39 Å². The second-order valence-electron chi connectivity index (χ2n) is 6.01. The Morgan fingerprint density at radius 2 is 1.81 bits per heavy atom. The minimum Gasteiger partial charge on any atom is -0.493 e. The van der Waals surface area contributed by atoms with Crippen LogP contribution in [0.5, 0.6) is 11.5 Å². The average molecular weight is 475 g/mol. The molecule has 0 aliphatic rings. The smallest absolute Gasteiger partial charge is 0.174 e. The Hall–Kier alpha value is -2.41. The molecule has 0 bridgehead atoms. The van der Waals surface area contributed by atoms with E-state index in [1.165, 1.54) is 11.6 Å². The van der Waals surface area contributed by atoms with Crippen LogP contribution in [0.2, 0.25) is 0 Å². The van der Waals surface area contributed by atoms with Gasteiger partial charge in [-0.1, -0.05) is 35.9 Å². The number of aliphatic imine (C=N–C) groups is 1. The van der Waals surface area contributed by atoms with Gasteiger partial charge in [-0.15, -0.1) is 0 Å². The van der Waals surface area contributed by atoms with Gasteiger partial charge in [-0.2, -0.15) is 0 Å². The number of ether oxygens (including phenoxy) is 2. The lowest BCUT2D eigenvalue weighted by atomic mass is 10.2. The normalized spacial score (nSPS) is 11.0. The first-order valence-corrected chi connectivity index (χ1v) is 9.49. The van der Waals surface area contributed by atoms with E-state index in [0.29, 0.717) is 17.1 Å². The molecule has 138 valence electrons. The largest absolute Gasteiger partial charge is 0.493 e. The fourth-order valence-electron chi connectivity index (χ4n) is 2.50. The Morgan fingerprint density at radius 3 is 2.52 bits per heavy atom. The highest BCUT2D eigenvalue weighted by atomic mass is 127. The van der Waals surface area contributed by atoms with E-state index in [0.717, 1.165) is 14.8 Å². The molecule has 0 saturated heterocycles. The highest BCUT2D eigenvalue weighted by Gasteiger charge is 2.12. The van der Waals surface area contributed by atoms with Gasteiger partial charge in [-0.05, 0) is 65.4 Å². The molecule has 0 spiro atoms. The molecule has 3 rings (SSSR count). The highest BCUT2D eigenvalue weighted by Crippen LogP contribution is 2.34. The number of halogens is 2. The predicted octanol–water partition coefficient (Wildman–Crippen LogP) is 6.08. The number of hydrogen-bond acceptors (Lipinski definition) is 3. The Balaban J connectivity index is 1.80. The molecule has 0 aliphatic carbocycles. The van der Waals surface area contributed by atoms with E-state index in [9.17, 15) is 4.39 Å². The number of rotatable bonds is 6. The van der Waals surface area contributed by atoms with E-state index in [-0.39, 0.29) is 12.4 Å². The Bertz CT molecular complexity index is 955. The third kappa shape index (κ3) is 5.07. The molecule has 0 fully saturated rings. The van der Waals surface area contributed by atoms with Gasteiger partial charge >= 0.3 is 0 Å². The Kier molecular flexibility index (Phi) is 6.45. The van der Waals surface area contributed by atoms with Crippen LogP contribution < -0.4 is 9.47 Å². The van der Waals surface area contributed by atoms with E-state index in [1.807, 2.05) is 43.3 Å². The number of aryl methyl sites for hydroxylation is 1. The quantitative estimate of drug-likeness (QED) is 0.320. The van der Waals surface area contributed by atoms with Crippen LogP contribution in [-0.4, -0.2) is 13.3 Å². The van der Waals surface area contributed by atoms with Crippen molar-refractivity contribution in [3.8, 4) is 11.5 Å². The number of hydrogen-bond donors (Lipinski definition) is 0. The lowest BCUT2D eigenvalue weighted by Crippen LogP contribution is -2.02. The number of benzene rings is 3. The van der Waals surface area contributed by atoms with Crippen molar-refractivity contribution in [3.63, 3.8) is 0 Å². The van der Waals surface area contributed by atoms with Crippen LogP contribution in [0.3, 0.4) is 0 Å². The first kappa shape index (κ1) is 19.4. The van der Waals surface area contributed by atoms with Crippen molar-refractivity contribution in [2.45, 2.75) is 13.5 Å². The molecule has 5 heteroatoms. The molecule has 3 aromatic rings.